The number of anilines is 2. The molecule has 35 heavy (non-hydrogen) atoms. The summed E-state index contributed by atoms with van der Waals surface area (Å²) in [5, 5.41) is 3.82. The SMILES string of the molecule is CCN(C(=O)CO/N=C/c1ccc(OC)cc1OC)c1c(N)n(Cc2ccccc2)c(=O)[nH]c1=O. The maximum absolute atomic E-state index is 12.8. The Labute approximate surface area is 201 Å². The molecule has 0 unspecified atom stereocenters. The number of benzene rings is 2. The lowest BCUT2D eigenvalue weighted by Crippen LogP contribution is -2.42. The quantitative estimate of drug-likeness (QED) is 0.331. The molecule has 0 radical (unpaired) electrons. The molecule has 11 heteroatoms. The van der Waals surface area contributed by atoms with E-state index in [-0.39, 0.29) is 24.6 Å². The van der Waals surface area contributed by atoms with Crippen molar-refractivity contribution in [3.05, 3.63) is 80.5 Å². The van der Waals surface area contributed by atoms with Crippen LogP contribution < -0.4 is 31.4 Å². The number of ether oxygens (including phenoxy) is 2. The number of carbonyl (C=O) groups is 1. The van der Waals surface area contributed by atoms with Crippen LogP contribution in [0.25, 0.3) is 0 Å². The molecular weight excluding hydrogens is 454 g/mol. The molecule has 3 rings (SSSR count). The molecule has 3 N–H and O–H groups in total. The van der Waals surface area contributed by atoms with E-state index in [9.17, 15) is 14.4 Å². The molecule has 0 aliphatic heterocycles. The number of H-pyrrole nitrogens is 1. The number of nitrogen functional groups attached to an aromatic ring is 1. The summed E-state index contributed by atoms with van der Waals surface area (Å²) >= 11 is 0. The summed E-state index contributed by atoms with van der Waals surface area (Å²) < 4.78 is 11.6. The highest BCUT2D eigenvalue weighted by Crippen LogP contribution is 2.23. The van der Waals surface area contributed by atoms with Crippen LogP contribution >= 0.6 is 0 Å². The van der Waals surface area contributed by atoms with E-state index in [0.29, 0.717) is 17.1 Å². The van der Waals surface area contributed by atoms with Crippen LogP contribution in [-0.4, -0.2) is 49.0 Å². The van der Waals surface area contributed by atoms with E-state index in [4.69, 9.17) is 20.0 Å². The molecular formula is C24H27N5O6. The van der Waals surface area contributed by atoms with E-state index in [2.05, 4.69) is 10.1 Å². The monoisotopic (exact) mass is 481 g/mol. The fourth-order valence-electron chi connectivity index (χ4n) is 3.41. The minimum absolute atomic E-state index is 0.120. The topological polar surface area (TPSA) is 141 Å². The Kier molecular flexibility index (Phi) is 8.28. The number of methoxy groups -OCH3 is 2. The number of likely N-dealkylation sites (N-methyl/N-ethyl adjacent to an activating group) is 1. The van der Waals surface area contributed by atoms with E-state index >= 15 is 0 Å². The van der Waals surface area contributed by atoms with Crippen molar-refractivity contribution < 1.29 is 19.1 Å². The molecule has 1 aromatic heterocycles. The molecule has 0 aliphatic rings. The number of nitrogens with two attached hydrogens (primary N) is 1. The maximum atomic E-state index is 12.8. The highest BCUT2D eigenvalue weighted by molar-refractivity contribution is 5.96. The van der Waals surface area contributed by atoms with Crippen LogP contribution in [0.3, 0.4) is 0 Å². The Hall–Kier alpha value is -4.54. The van der Waals surface area contributed by atoms with Gasteiger partial charge in [-0.15, -0.1) is 0 Å². The Bertz CT molecular complexity index is 1320. The predicted octanol–water partition coefficient (Wildman–Crippen LogP) is 1.59. The van der Waals surface area contributed by atoms with Crippen molar-refractivity contribution in [3.63, 3.8) is 0 Å². The molecule has 0 fully saturated rings. The molecule has 0 saturated heterocycles. The van der Waals surface area contributed by atoms with Crippen LogP contribution in [0.15, 0.2) is 63.3 Å². The Morgan fingerprint density at radius 2 is 1.89 bits per heavy atom. The van der Waals surface area contributed by atoms with Crippen LogP contribution in [0.2, 0.25) is 0 Å². The van der Waals surface area contributed by atoms with Gasteiger partial charge in [0.15, 0.2) is 12.3 Å². The first-order valence-corrected chi connectivity index (χ1v) is 10.7. The van der Waals surface area contributed by atoms with Crippen molar-refractivity contribution >= 4 is 23.6 Å². The van der Waals surface area contributed by atoms with E-state index < -0.39 is 23.8 Å². The summed E-state index contributed by atoms with van der Waals surface area (Å²) in [7, 11) is 3.05. The molecule has 1 amide bonds. The summed E-state index contributed by atoms with van der Waals surface area (Å²) in [5.41, 5.74) is 6.05. The second kappa shape index (κ2) is 11.5. The number of aromatic nitrogens is 2. The van der Waals surface area contributed by atoms with Gasteiger partial charge in [-0.25, -0.2) is 4.79 Å². The average molecular weight is 482 g/mol. The Morgan fingerprint density at radius 1 is 1.14 bits per heavy atom. The third-order valence-electron chi connectivity index (χ3n) is 5.18. The molecule has 3 aromatic rings. The van der Waals surface area contributed by atoms with Gasteiger partial charge < -0.3 is 24.9 Å². The largest absolute Gasteiger partial charge is 0.497 e. The van der Waals surface area contributed by atoms with Gasteiger partial charge in [-0.1, -0.05) is 35.5 Å². The minimum Gasteiger partial charge on any atom is -0.497 e. The van der Waals surface area contributed by atoms with Gasteiger partial charge in [0.1, 0.15) is 17.3 Å². The van der Waals surface area contributed by atoms with Crippen LogP contribution in [0, 0.1) is 0 Å². The number of carbonyl (C=O) groups excluding carboxylic acids is 1. The van der Waals surface area contributed by atoms with Crippen LogP contribution in [0.5, 0.6) is 11.5 Å². The number of oxime groups is 1. The zero-order valence-electron chi connectivity index (χ0n) is 19.7. The van der Waals surface area contributed by atoms with Crippen LogP contribution in [-0.2, 0) is 16.2 Å². The fourth-order valence-corrected chi connectivity index (χ4v) is 3.41. The molecule has 0 atom stereocenters. The maximum Gasteiger partial charge on any atom is 0.330 e. The summed E-state index contributed by atoms with van der Waals surface area (Å²) in [6.45, 7) is 1.47. The normalized spacial score (nSPS) is 10.8. The van der Waals surface area contributed by atoms with E-state index in [1.54, 1.807) is 32.2 Å². The first-order valence-electron chi connectivity index (χ1n) is 10.7. The van der Waals surface area contributed by atoms with Crippen molar-refractivity contribution in [1.29, 1.82) is 0 Å². The Balaban J connectivity index is 1.78. The van der Waals surface area contributed by atoms with Crippen molar-refractivity contribution in [2.75, 3.05) is 38.0 Å². The van der Waals surface area contributed by atoms with Crippen molar-refractivity contribution in [2.24, 2.45) is 5.16 Å². The lowest BCUT2D eigenvalue weighted by atomic mass is 10.2. The molecule has 184 valence electrons. The smallest absolute Gasteiger partial charge is 0.330 e. The number of hydrogen-bond donors (Lipinski definition) is 2. The summed E-state index contributed by atoms with van der Waals surface area (Å²) in [4.78, 5) is 46.4. The van der Waals surface area contributed by atoms with E-state index in [0.717, 1.165) is 10.5 Å². The van der Waals surface area contributed by atoms with Crippen molar-refractivity contribution in [2.45, 2.75) is 13.5 Å². The first-order chi connectivity index (χ1) is 16.9. The van der Waals surface area contributed by atoms with Crippen molar-refractivity contribution in [3.8, 4) is 11.5 Å². The molecule has 1 heterocycles. The number of amides is 1. The molecule has 0 spiro atoms. The second-order valence-electron chi connectivity index (χ2n) is 7.32. The number of rotatable bonds is 10. The number of nitrogens with one attached hydrogen (secondary N) is 1. The highest BCUT2D eigenvalue weighted by Gasteiger charge is 2.23. The van der Waals surface area contributed by atoms with Gasteiger partial charge in [0.05, 0.1) is 27.0 Å². The summed E-state index contributed by atoms with van der Waals surface area (Å²) in [5.74, 6) is 0.445. The molecule has 0 bridgehead atoms. The predicted molar refractivity (Wildman–Crippen MR) is 132 cm³/mol. The third kappa shape index (κ3) is 5.88. The molecule has 11 nitrogen and oxygen atoms in total. The molecule has 2 aromatic carbocycles. The zero-order valence-corrected chi connectivity index (χ0v) is 19.7. The first kappa shape index (κ1) is 25.1. The van der Waals surface area contributed by atoms with E-state index in [1.807, 2.05) is 30.3 Å². The standard InChI is InChI=1S/C24H27N5O6/c1-4-28(20(30)15-35-26-13-17-10-11-18(33-2)12-19(17)34-3)21-22(25)29(24(32)27-23(21)31)14-16-8-6-5-7-9-16/h5-13H,4,14-15,25H2,1-3H3,(H,27,31,32)/b26-13+. The van der Waals surface area contributed by atoms with Gasteiger partial charge in [0, 0.05) is 18.2 Å². The Morgan fingerprint density at radius 3 is 2.54 bits per heavy atom. The zero-order chi connectivity index (χ0) is 25.4. The van der Waals surface area contributed by atoms with Crippen LogP contribution in [0.1, 0.15) is 18.1 Å². The highest BCUT2D eigenvalue weighted by atomic mass is 16.6. The van der Waals surface area contributed by atoms with Gasteiger partial charge >= 0.3 is 5.69 Å². The van der Waals surface area contributed by atoms with Gasteiger partial charge in [0.2, 0.25) is 0 Å². The second-order valence-corrected chi connectivity index (χ2v) is 7.32. The van der Waals surface area contributed by atoms with Crippen LogP contribution in [0.4, 0.5) is 11.5 Å². The summed E-state index contributed by atoms with van der Waals surface area (Å²) in [6.07, 6.45) is 1.39. The lowest BCUT2D eigenvalue weighted by molar-refractivity contribution is -0.123. The fraction of sp³-hybridized carbons (Fsp3) is 0.250. The third-order valence-corrected chi connectivity index (χ3v) is 5.18. The lowest BCUT2D eigenvalue weighted by Gasteiger charge is -2.22. The van der Waals surface area contributed by atoms with E-state index in [1.165, 1.54) is 17.9 Å². The number of hydrogen-bond acceptors (Lipinski definition) is 8. The molecule has 0 saturated carbocycles. The summed E-state index contributed by atoms with van der Waals surface area (Å²) in [6, 6.07) is 14.3. The van der Waals surface area contributed by atoms with Gasteiger partial charge in [-0.3, -0.25) is 19.1 Å². The number of nitrogens with zero attached hydrogens (tertiary/aromatic N) is 3. The number of aromatic amines is 1. The average Bonchev–Trinajstić information content (AvgIpc) is 2.87. The van der Waals surface area contributed by atoms with Gasteiger partial charge in [-0.2, -0.15) is 0 Å². The van der Waals surface area contributed by atoms with Crippen molar-refractivity contribution in [1.82, 2.24) is 9.55 Å². The van der Waals surface area contributed by atoms with Gasteiger partial charge in [0.25, 0.3) is 11.5 Å². The van der Waals surface area contributed by atoms with Gasteiger partial charge in [-0.05, 0) is 24.6 Å². The minimum atomic E-state index is -0.765. The molecule has 0 aliphatic carbocycles.